The highest BCUT2D eigenvalue weighted by Crippen LogP contribution is 2.41. The van der Waals surface area contributed by atoms with E-state index in [0.717, 1.165) is 30.9 Å². The molecule has 2 aliphatic heterocycles. The van der Waals surface area contributed by atoms with Crippen molar-refractivity contribution in [3.8, 4) is 0 Å². The lowest BCUT2D eigenvalue weighted by atomic mass is 9.89. The molecule has 0 amide bonds. The van der Waals surface area contributed by atoms with E-state index < -0.39 is 0 Å². The summed E-state index contributed by atoms with van der Waals surface area (Å²) < 4.78 is 13.9. The Kier molecular flexibility index (Phi) is 2.85. The van der Waals surface area contributed by atoms with Crippen molar-refractivity contribution in [3.63, 3.8) is 0 Å². The Morgan fingerprint density at radius 2 is 2.16 bits per heavy atom. The number of fused-ring (bicyclic) bond motifs is 2. The van der Waals surface area contributed by atoms with E-state index in [1.807, 2.05) is 6.07 Å². The van der Waals surface area contributed by atoms with E-state index >= 15 is 0 Å². The Balaban J connectivity index is 1.66. The van der Waals surface area contributed by atoms with Crippen LogP contribution >= 0.6 is 0 Å². The molecule has 0 bridgehead atoms. The van der Waals surface area contributed by atoms with Gasteiger partial charge in [0.05, 0.1) is 0 Å². The second-order valence-corrected chi connectivity index (χ2v) is 6.23. The maximum Gasteiger partial charge on any atom is 0.126 e. The Hall–Kier alpha value is -0.930. The second-order valence-electron chi connectivity index (χ2n) is 6.23. The SMILES string of the molecule is Fc1cccc2c1CCC2N1CCCC2CNCC21. The number of rotatable bonds is 1. The standard InChI is InChI=1S/C16H21FN2/c17-14-5-1-4-13-12(14)6-7-15(13)19-8-2-3-11-9-18-10-16(11)19/h1,4-5,11,15-16,18H,2-3,6-10H2. The minimum absolute atomic E-state index is 0.00175. The summed E-state index contributed by atoms with van der Waals surface area (Å²) in [5.74, 6) is 0.810. The summed E-state index contributed by atoms with van der Waals surface area (Å²) in [6, 6.07) is 6.76. The first-order valence-electron chi connectivity index (χ1n) is 7.58. The number of benzene rings is 1. The van der Waals surface area contributed by atoms with Gasteiger partial charge in [0, 0.05) is 18.6 Å². The minimum Gasteiger partial charge on any atom is -0.315 e. The smallest absolute Gasteiger partial charge is 0.126 e. The molecule has 3 unspecified atom stereocenters. The molecule has 1 aliphatic carbocycles. The average Bonchev–Trinajstić information content (AvgIpc) is 3.05. The number of piperidine rings is 1. The molecular weight excluding hydrogens is 239 g/mol. The molecule has 1 N–H and O–H groups in total. The molecule has 3 atom stereocenters. The van der Waals surface area contributed by atoms with Crippen LogP contribution in [0.25, 0.3) is 0 Å². The van der Waals surface area contributed by atoms with Crippen LogP contribution in [0.15, 0.2) is 18.2 Å². The molecule has 2 nitrogen and oxygen atoms in total. The highest BCUT2D eigenvalue weighted by Gasteiger charge is 2.40. The third-order valence-corrected chi connectivity index (χ3v) is 5.30. The number of hydrogen-bond donors (Lipinski definition) is 1. The van der Waals surface area contributed by atoms with Crippen LogP contribution in [0.3, 0.4) is 0 Å². The van der Waals surface area contributed by atoms with Crippen molar-refractivity contribution < 1.29 is 4.39 Å². The number of nitrogens with one attached hydrogen (secondary N) is 1. The summed E-state index contributed by atoms with van der Waals surface area (Å²) in [6.45, 7) is 3.47. The predicted molar refractivity (Wildman–Crippen MR) is 73.5 cm³/mol. The van der Waals surface area contributed by atoms with Gasteiger partial charge in [-0.2, -0.15) is 0 Å². The van der Waals surface area contributed by atoms with Gasteiger partial charge in [0.2, 0.25) is 0 Å². The van der Waals surface area contributed by atoms with E-state index in [4.69, 9.17) is 0 Å². The summed E-state index contributed by atoms with van der Waals surface area (Å²) in [6.07, 6.45) is 4.66. The third-order valence-electron chi connectivity index (χ3n) is 5.30. The Labute approximate surface area is 114 Å². The number of nitrogens with zero attached hydrogens (tertiary/aromatic N) is 1. The molecule has 102 valence electrons. The van der Waals surface area contributed by atoms with Crippen molar-refractivity contribution in [2.45, 2.75) is 37.8 Å². The molecular formula is C16H21FN2. The zero-order valence-corrected chi connectivity index (χ0v) is 11.2. The van der Waals surface area contributed by atoms with Gasteiger partial charge in [0.1, 0.15) is 5.82 Å². The summed E-state index contributed by atoms with van der Waals surface area (Å²) in [5.41, 5.74) is 2.23. The van der Waals surface area contributed by atoms with Crippen molar-refractivity contribution in [3.05, 3.63) is 35.1 Å². The zero-order chi connectivity index (χ0) is 12.8. The van der Waals surface area contributed by atoms with Gasteiger partial charge in [-0.1, -0.05) is 12.1 Å². The van der Waals surface area contributed by atoms with Gasteiger partial charge < -0.3 is 5.32 Å². The number of hydrogen-bond acceptors (Lipinski definition) is 2. The number of likely N-dealkylation sites (tertiary alicyclic amines) is 1. The summed E-state index contributed by atoms with van der Waals surface area (Å²) in [4.78, 5) is 2.67. The Morgan fingerprint density at radius 1 is 1.21 bits per heavy atom. The van der Waals surface area contributed by atoms with Gasteiger partial charge >= 0.3 is 0 Å². The van der Waals surface area contributed by atoms with Crippen LogP contribution < -0.4 is 5.32 Å². The Bertz CT molecular complexity index is 488. The Morgan fingerprint density at radius 3 is 3.11 bits per heavy atom. The van der Waals surface area contributed by atoms with Crippen LogP contribution in [0, 0.1) is 11.7 Å². The fourth-order valence-electron chi connectivity index (χ4n) is 4.42. The van der Waals surface area contributed by atoms with E-state index in [1.54, 1.807) is 6.07 Å². The molecule has 0 radical (unpaired) electrons. The molecule has 0 spiro atoms. The van der Waals surface area contributed by atoms with Crippen molar-refractivity contribution in [1.82, 2.24) is 10.2 Å². The summed E-state index contributed by atoms with van der Waals surface area (Å²) >= 11 is 0. The fraction of sp³-hybridized carbons (Fsp3) is 0.625. The van der Waals surface area contributed by atoms with E-state index in [9.17, 15) is 4.39 Å². The maximum atomic E-state index is 13.9. The van der Waals surface area contributed by atoms with Crippen molar-refractivity contribution in [1.29, 1.82) is 0 Å². The molecule has 19 heavy (non-hydrogen) atoms. The van der Waals surface area contributed by atoms with Crippen LogP contribution in [0.1, 0.15) is 36.4 Å². The molecule has 2 heterocycles. The van der Waals surface area contributed by atoms with Gasteiger partial charge in [-0.15, -0.1) is 0 Å². The molecule has 2 fully saturated rings. The predicted octanol–water partition coefficient (Wildman–Crippen LogP) is 2.50. The molecule has 3 aliphatic rings. The maximum absolute atomic E-state index is 13.9. The van der Waals surface area contributed by atoms with Crippen molar-refractivity contribution >= 4 is 0 Å². The first kappa shape index (κ1) is 11.9. The minimum atomic E-state index is -0.00175. The lowest BCUT2D eigenvalue weighted by Gasteiger charge is -2.41. The van der Waals surface area contributed by atoms with Gasteiger partial charge in [-0.3, -0.25) is 4.90 Å². The average molecular weight is 260 g/mol. The lowest BCUT2D eigenvalue weighted by molar-refractivity contribution is 0.0771. The molecule has 1 aromatic carbocycles. The number of halogens is 1. The molecule has 4 rings (SSSR count). The first-order valence-corrected chi connectivity index (χ1v) is 7.58. The van der Waals surface area contributed by atoms with Gasteiger partial charge in [0.15, 0.2) is 0 Å². The van der Waals surface area contributed by atoms with Gasteiger partial charge in [-0.05, 0) is 61.9 Å². The fourth-order valence-corrected chi connectivity index (χ4v) is 4.42. The molecule has 1 aromatic rings. The van der Waals surface area contributed by atoms with Crippen LogP contribution in [0.5, 0.6) is 0 Å². The highest BCUT2D eigenvalue weighted by molar-refractivity contribution is 5.36. The largest absolute Gasteiger partial charge is 0.315 e. The first-order chi connectivity index (χ1) is 9.34. The monoisotopic (exact) mass is 260 g/mol. The van der Waals surface area contributed by atoms with E-state index in [-0.39, 0.29) is 5.82 Å². The van der Waals surface area contributed by atoms with Gasteiger partial charge in [0.25, 0.3) is 0 Å². The van der Waals surface area contributed by atoms with Crippen LogP contribution in [-0.2, 0) is 6.42 Å². The van der Waals surface area contributed by atoms with Crippen LogP contribution in [0.4, 0.5) is 4.39 Å². The van der Waals surface area contributed by atoms with E-state index in [0.29, 0.717) is 12.1 Å². The summed E-state index contributed by atoms with van der Waals surface area (Å²) in [7, 11) is 0. The zero-order valence-electron chi connectivity index (χ0n) is 11.2. The van der Waals surface area contributed by atoms with E-state index in [1.165, 1.54) is 31.5 Å². The normalized spacial score (nSPS) is 34.3. The summed E-state index contributed by atoms with van der Waals surface area (Å²) in [5, 5.41) is 3.54. The lowest BCUT2D eigenvalue weighted by Crippen LogP contribution is -2.46. The molecule has 0 saturated carbocycles. The molecule has 3 heteroatoms. The van der Waals surface area contributed by atoms with Crippen LogP contribution in [0.2, 0.25) is 0 Å². The van der Waals surface area contributed by atoms with Crippen molar-refractivity contribution in [2.75, 3.05) is 19.6 Å². The van der Waals surface area contributed by atoms with Gasteiger partial charge in [-0.25, -0.2) is 4.39 Å². The van der Waals surface area contributed by atoms with Crippen molar-refractivity contribution in [2.24, 2.45) is 5.92 Å². The van der Waals surface area contributed by atoms with E-state index in [2.05, 4.69) is 16.3 Å². The topological polar surface area (TPSA) is 15.3 Å². The second kappa shape index (κ2) is 4.57. The molecule has 0 aromatic heterocycles. The quantitative estimate of drug-likeness (QED) is 0.834. The third kappa shape index (κ3) is 1.83. The van der Waals surface area contributed by atoms with Crippen LogP contribution in [-0.4, -0.2) is 30.6 Å². The highest BCUT2D eigenvalue weighted by atomic mass is 19.1. The molecule has 2 saturated heterocycles.